The molecule has 2 aromatic carbocycles. The zero-order valence-corrected chi connectivity index (χ0v) is 12.0. The molecular weight excluding hydrogens is 307 g/mol. The van der Waals surface area contributed by atoms with Crippen LogP contribution in [0.5, 0.6) is 11.5 Å². The second-order valence-corrected chi connectivity index (χ2v) is 4.91. The first-order valence-electron chi connectivity index (χ1n) is 7.02. The van der Waals surface area contributed by atoms with Crippen LogP contribution < -0.4 is 15.4 Å². The third kappa shape index (κ3) is 3.74. The van der Waals surface area contributed by atoms with Gasteiger partial charge in [-0.3, -0.25) is 4.99 Å². The van der Waals surface area contributed by atoms with Gasteiger partial charge in [-0.1, -0.05) is 18.2 Å². The van der Waals surface area contributed by atoms with Crippen LogP contribution in [-0.2, 0) is 6.18 Å². The van der Waals surface area contributed by atoms with Crippen molar-refractivity contribution in [3.8, 4) is 11.5 Å². The van der Waals surface area contributed by atoms with Crippen LogP contribution in [-0.4, -0.2) is 19.0 Å². The van der Waals surface area contributed by atoms with E-state index in [4.69, 9.17) is 4.74 Å². The monoisotopic (exact) mass is 321 g/mol. The van der Waals surface area contributed by atoms with Crippen LogP contribution in [0.4, 0.5) is 18.9 Å². The molecule has 0 aliphatic carbocycles. The van der Waals surface area contributed by atoms with E-state index in [0.717, 1.165) is 12.1 Å². The smallest absolute Gasteiger partial charge is 0.416 e. The molecule has 0 spiro atoms. The van der Waals surface area contributed by atoms with Gasteiger partial charge >= 0.3 is 6.18 Å². The van der Waals surface area contributed by atoms with Crippen LogP contribution in [0.2, 0.25) is 0 Å². The maximum absolute atomic E-state index is 12.9. The molecule has 1 aliphatic rings. The summed E-state index contributed by atoms with van der Waals surface area (Å²) in [6.45, 7) is 1.23. The van der Waals surface area contributed by atoms with E-state index in [0.29, 0.717) is 30.5 Å². The molecule has 4 nitrogen and oxygen atoms in total. The number of halogens is 3. The first-order valence-corrected chi connectivity index (χ1v) is 7.02. The highest BCUT2D eigenvalue weighted by molar-refractivity contribution is 5.96. The zero-order chi connectivity index (χ0) is 16.3. The van der Waals surface area contributed by atoms with Crippen molar-refractivity contribution in [2.75, 3.05) is 18.4 Å². The number of anilines is 1. The summed E-state index contributed by atoms with van der Waals surface area (Å²) in [7, 11) is 0. The minimum atomic E-state index is -4.42. The van der Waals surface area contributed by atoms with Crippen LogP contribution in [0, 0.1) is 0 Å². The average Bonchev–Trinajstić information content (AvgIpc) is 3.02. The molecule has 0 saturated heterocycles. The number of alkyl halides is 3. The number of hydrogen-bond donors (Lipinski definition) is 2. The first kappa shape index (κ1) is 15.2. The van der Waals surface area contributed by atoms with E-state index in [2.05, 4.69) is 15.6 Å². The van der Waals surface area contributed by atoms with E-state index < -0.39 is 11.7 Å². The normalized spacial score (nSPS) is 14.1. The van der Waals surface area contributed by atoms with E-state index in [1.165, 1.54) is 6.07 Å². The van der Waals surface area contributed by atoms with Crippen molar-refractivity contribution < 1.29 is 17.9 Å². The Morgan fingerprint density at radius 1 is 1.09 bits per heavy atom. The standard InChI is InChI=1S/C16H14F3N3O/c17-16(18,19)11-6-7-14(23-12-4-2-1-3-5-12)13(10-11)22-15-20-8-9-21-15/h1-7,10H,8-9H2,(H2,20,21,22). The van der Waals surface area contributed by atoms with E-state index in [1.807, 2.05) is 6.07 Å². The first-order chi connectivity index (χ1) is 11.0. The number of ether oxygens (including phenoxy) is 1. The number of para-hydroxylation sites is 1. The van der Waals surface area contributed by atoms with Crippen LogP contribution in [0.25, 0.3) is 0 Å². The largest absolute Gasteiger partial charge is 0.455 e. The number of nitrogens with one attached hydrogen (secondary N) is 2. The fourth-order valence-corrected chi connectivity index (χ4v) is 2.12. The third-order valence-electron chi connectivity index (χ3n) is 3.21. The second kappa shape index (κ2) is 6.20. The second-order valence-electron chi connectivity index (χ2n) is 4.91. The topological polar surface area (TPSA) is 45.6 Å². The summed E-state index contributed by atoms with van der Waals surface area (Å²) in [5, 5.41) is 5.81. The van der Waals surface area contributed by atoms with Gasteiger partial charge in [0.05, 0.1) is 17.8 Å². The van der Waals surface area contributed by atoms with Gasteiger partial charge < -0.3 is 15.4 Å². The molecule has 2 aromatic rings. The summed E-state index contributed by atoms with van der Waals surface area (Å²) in [6, 6.07) is 12.2. The molecule has 2 N–H and O–H groups in total. The maximum Gasteiger partial charge on any atom is 0.416 e. The SMILES string of the molecule is FC(F)(F)c1ccc(Oc2ccccc2)c(NC2=NCCN2)c1. The Morgan fingerprint density at radius 3 is 2.52 bits per heavy atom. The van der Waals surface area contributed by atoms with Gasteiger partial charge in [-0.15, -0.1) is 0 Å². The van der Waals surface area contributed by atoms with E-state index in [-0.39, 0.29) is 5.69 Å². The van der Waals surface area contributed by atoms with Crippen molar-refractivity contribution >= 4 is 11.6 Å². The van der Waals surface area contributed by atoms with Crippen LogP contribution in [0.3, 0.4) is 0 Å². The lowest BCUT2D eigenvalue weighted by molar-refractivity contribution is -0.137. The molecule has 0 bridgehead atoms. The predicted octanol–water partition coefficient (Wildman–Crippen LogP) is 3.87. The Balaban J connectivity index is 1.93. The summed E-state index contributed by atoms with van der Waals surface area (Å²) in [6.07, 6.45) is -4.42. The Labute approximate surface area is 131 Å². The highest BCUT2D eigenvalue weighted by atomic mass is 19.4. The third-order valence-corrected chi connectivity index (χ3v) is 3.21. The molecule has 0 amide bonds. The number of guanidine groups is 1. The molecule has 120 valence electrons. The molecule has 0 radical (unpaired) electrons. The van der Waals surface area contributed by atoms with Gasteiger partial charge in [-0.05, 0) is 30.3 Å². The minimum absolute atomic E-state index is 0.205. The van der Waals surface area contributed by atoms with Crippen molar-refractivity contribution in [1.29, 1.82) is 0 Å². The minimum Gasteiger partial charge on any atom is -0.455 e. The summed E-state index contributed by atoms with van der Waals surface area (Å²) < 4.78 is 44.5. The van der Waals surface area contributed by atoms with Gasteiger partial charge in [-0.25, -0.2) is 0 Å². The fourth-order valence-electron chi connectivity index (χ4n) is 2.12. The zero-order valence-electron chi connectivity index (χ0n) is 12.0. The predicted molar refractivity (Wildman–Crippen MR) is 81.9 cm³/mol. The van der Waals surface area contributed by atoms with Gasteiger partial charge in [0.1, 0.15) is 5.75 Å². The van der Waals surface area contributed by atoms with Crippen molar-refractivity contribution in [2.24, 2.45) is 4.99 Å². The van der Waals surface area contributed by atoms with Gasteiger partial charge in [0, 0.05) is 6.54 Å². The number of hydrogen-bond acceptors (Lipinski definition) is 4. The Bertz CT molecular complexity index is 714. The lowest BCUT2D eigenvalue weighted by atomic mass is 10.1. The summed E-state index contributed by atoms with van der Waals surface area (Å²) in [4.78, 5) is 4.13. The number of benzene rings is 2. The quantitative estimate of drug-likeness (QED) is 0.902. The average molecular weight is 321 g/mol. The lowest BCUT2D eigenvalue weighted by Gasteiger charge is -2.16. The Kier molecular flexibility index (Phi) is 4.10. The summed E-state index contributed by atoms with van der Waals surface area (Å²) >= 11 is 0. The van der Waals surface area contributed by atoms with Crippen molar-refractivity contribution in [2.45, 2.75) is 6.18 Å². The van der Waals surface area contributed by atoms with Gasteiger partial charge in [0.2, 0.25) is 0 Å². The van der Waals surface area contributed by atoms with Crippen LogP contribution in [0.15, 0.2) is 53.5 Å². The molecule has 1 aliphatic heterocycles. The molecule has 23 heavy (non-hydrogen) atoms. The molecule has 0 aromatic heterocycles. The highest BCUT2D eigenvalue weighted by Gasteiger charge is 2.31. The number of aliphatic imine (C=N–C) groups is 1. The van der Waals surface area contributed by atoms with Gasteiger partial charge in [0.25, 0.3) is 0 Å². The Morgan fingerprint density at radius 2 is 1.87 bits per heavy atom. The van der Waals surface area contributed by atoms with Crippen molar-refractivity contribution in [3.05, 3.63) is 54.1 Å². The molecule has 0 saturated carbocycles. The Hall–Kier alpha value is -2.70. The van der Waals surface area contributed by atoms with Crippen LogP contribution >= 0.6 is 0 Å². The molecule has 0 unspecified atom stereocenters. The fraction of sp³-hybridized carbons (Fsp3) is 0.188. The van der Waals surface area contributed by atoms with Crippen molar-refractivity contribution in [1.82, 2.24) is 5.32 Å². The highest BCUT2D eigenvalue weighted by Crippen LogP contribution is 2.36. The van der Waals surface area contributed by atoms with Gasteiger partial charge in [0.15, 0.2) is 11.7 Å². The van der Waals surface area contributed by atoms with E-state index in [1.54, 1.807) is 24.3 Å². The molecule has 0 fully saturated rings. The maximum atomic E-state index is 12.9. The molecule has 0 atom stereocenters. The molecule has 3 rings (SSSR count). The molecule has 1 heterocycles. The van der Waals surface area contributed by atoms with Gasteiger partial charge in [-0.2, -0.15) is 13.2 Å². The van der Waals surface area contributed by atoms with Crippen molar-refractivity contribution in [3.63, 3.8) is 0 Å². The lowest BCUT2D eigenvalue weighted by Crippen LogP contribution is -2.26. The van der Waals surface area contributed by atoms with Crippen LogP contribution in [0.1, 0.15) is 5.56 Å². The van der Waals surface area contributed by atoms with E-state index in [9.17, 15) is 13.2 Å². The number of nitrogens with zero attached hydrogens (tertiary/aromatic N) is 1. The molecular formula is C16H14F3N3O. The summed E-state index contributed by atoms with van der Waals surface area (Å²) in [5.41, 5.74) is -0.546. The molecule has 7 heteroatoms. The van der Waals surface area contributed by atoms with E-state index >= 15 is 0 Å². The number of rotatable bonds is 3. The summed E-state index contributed by atoms with van der Waals surface area (Å²) in [5.74, 6) is 1.26.